The van der Waals surface area contributed by atoms with E-state index in [9.17, 15) is 13.2 Å². The van der Waals surface area contributed by atoms with Crippen molar-refractivity contribution in [2.24, 2.45) is 0 Å². The smallest absolute Gasteiger partial charge is 0.251 e. The van der Waals surface area contributed by atoms with Crippen LogP contribution in [0, 0.1) is 6.92 Å². The molecule has 1 unspecified atom stereocenters. The highest BCUT2D eigenvalue weighted by molar-refractivity contribution is 7.89. The number of amides is 1. The zero-order valence-corrected chi connectivity index (χ0v) is 14.8. The molecule has 1 aromatic carbocycles. The first-order valence-corrected chi connectivity index (χ1v) is 9.25. The minimum absolute atomic E-state index is 0.0224. The van der Waals surface area contributed by atoms with Crippen LogP contribution in [-0.4, -0.2) is 20.4 Å². The van der Waals surface area contributed by atoms with Crippen LogP contribution in [0.4, 0.5) is 0 Å². The Hall–Kier alpha value is -2.12. The van der Waals surface area contributed by atoms with E-state index >= 15 is 0 Å². The molecule has 6 nitrogen and oxygen atoms in total. The van der Waals surface area contributed by atoms with Gasteiger partial charge in [0.1, 0.15) is 5.76 Å². The number of rotatable bonds is 7. The van der Waals surface area contributed by atoms with Gasteiger partial charge in [-0.1, -0.05) is 13.0 Å². The molecule has 7 heteroatoms. The third kappa shape index (κ3) is 4.46. The normalized spacial score (nSPS) is 12.8. The van der Waals surface area contributed by atoms with E-state index in [-0.39, 0.29) is 23.4 Å². The Balaban J connectivity index is 2.21. The van der Waals surface area contributed by atoms with Gasteiger partial charge in [0.2, 0.25) is 10.0 Å². The molecule has 2 N–H and O–H groups in total. The molecule has 1 aromatic heterocycles. The van der Waals surface area contributed by atoms with Gasteiger partial charge in [0.25, 0.3) is 5.91 Å². The second kappa shape index (κ2) is 7.63. The second-order valence-electron chi connectivity index (χ2n) is 5.66. The van der Waals surface area contributed by atoms with Crippen molar-refractivity contribution in [2.75, 3.05) is 0 Å². The minimum atomic E-state index is -3.73. The average Bonchev–Trinajstić information content (AvgIpc) is 3.06. The van der Waals surface area contributed by atoms with E-state index in [4.69, 9.17) is 4.42 Å². The Kier molecular flexibility index (Phi) is 5.80. The standard InChI is InChI=1S/C17H22N2O4S/c1-4-13(3)19-17(20)16-10-15(8-7-12(16)2)24(21,22)18-11-14-6-5-9-23-14/h5-10,13,18H,4,11H2,1-3H3,(H,19,20). The topological polar surface area (TPSA) is 88.4 Å². The van der Waals surface area contributed by atoms with Crippen LogP contribution in [-0.2, 0) is 16.6 Å². The summed E-state index contributed by atoms with van der Waals surface area (Å²) in [5, 5.41) is 2.85. The first-order chi connectivity index (χ1) is 11.3. The molecule has 0 saturated heterocycles. The molecule has 0 aliphatic heterocycles. The molecule has 2 rings (SSSR count). The van der Waals surface area contributed by atoms with E-state index in [1.54, 1.807) is 25.1 Å². The summed E-state index contributed by atoms with van der Waals surface area (Å²) < 4.78 is 32.4. The molecule has 1 amide bonds. The molecule has 24 heavy (non-hydrogen) atoms. The van der Waals surface area contributed by atoms with Crippen molar-refractivity contribution in [1.82, 2.24) is 10.0 Å². The number of carbonyl (C=O) groups is 1. The Bertz CT molecular complexity index is 798. The van der Waals surface area contributed by atoms with Gasteiger partial charge >= 0.3 is 0 Å². The SMILES string of the molecule is CCC(C)NC(=O)c1cc(S(=O)(=O)NCc2ccco2)ccc1C. The zero-order valence-electron chi connectivity index (χ0n) is 14.0. The summed E-state index contributed by atoms with van der Waals surface area (Å²) in [5.74, 6) is 0.241. The van der Waals surface area contributed by atoms with Crippen molar-refractivity contribution in [3.63, 3.8) is 0 Å². The third-order valence-corrected chi connectivity index (χ3v) is 5.17. The van der Waals surface area contributed by atoms with Crippen LogP contribution in [0.15, 0.2) is 45.9 Å². The molecule has 0 fully saturated rings. The second-order valence-corrected chi connectivity index (χ2v) is 7.43. The van der Waals surface area contributed by atoms with Crippen LogP contribution in [0.5, 0.6) is 0 Å². The number of nitrogens with one attached hydrogen (secondary N) is 2. The molecule has 0 bridgehead atoms. The summed E-state index contributed by atoms with van der Waals surface area (Å²) >= 11 is 0. The van der Waals surface area contributed by atoms with Crippen LogP contribution in [0.3, 0.4) is 0 Å². The molecule has 2 aromatic rings. The predicted octanol–water partition coefficient (Wildman–Crippen LogP) is 2.59. The van der Waals surface area contributed by atoms with E-state index in [0.717, 1.165) is 12.0 Å². The van der Waals surface area contributed by atoms with Crippen LogP contribution >= 0.6 is 0 Å². The van der Waals surface area contributed by atoms with Crippen LogP contribution < -0.4 is 10.0 Å². The molecule has 0 aliphatic carbocycles. The average molecular weight is 350 g/mol. The maximum atomic E-state index is 12.4. The molecule has 0 saturated carbocycles. The van der Waals surface area contributed by atoms with E-state index < -0.39 is 10.0 Å². The minimum Gasteiger partial charge on any atom is -0.468 e. The Morgan fingerprint density at radius 2 is 2.04 bits per heavy atom. The van der Waals surface area contributed by atoms with Gasteiger partial charge in [0.15, 0.2) is 0 Å². The quantitative estimate of drug-likeness (QED) is 0.803. The summed E-state index contributed by atoms with van der Waals surface area (Å²) in [4.78, 5) is 12.4. The monoisotopic (exact) mass is 350 g/mol. The number of hydrogen-bond donors (Lipinski definition) is 2. The maximum Gasteiger partial charge on any atom is 0.251 e. The van der Waals surface area contributed by atoms with Gasteiger partial charge in [-0.15, -0.1) is 0 Å². The summed E-state index contributed by atoms with van der Waals surface area (Å²) in [5.41, 5.74) is 1.08. The van der Waals surface area contributed by atoms with Gasteiger partial charge in [-0.3, -0.25) is 4.79 Å². The summed E-state index contributed by atoms with van der Waals surface area (Å²) in [7, 11) is -3.73. The summed E-state index contributed by atoms with van der Waals surface area (Å²) in [6.07, 6.45) is 2.28. The molecular weight excluding hydrogens is 328 g/mol. The lowest BCUT2D eigenvalue weighted by Gasteiger charge is -2.14. The van der Waals surface area contributed by atoms with Crippen LogP contribution in [0.1, 0.15) is 41.9 Å². The van der Waals surface area contributed by atoms with E-state index in [2.05, 4.69) is 10.0 Å². The molecular formula is C17H22N2O4S. The number of sulfonamides is 1. The molecule has 130 valence electrons. The lowest BCUT2D eigenvalue weighted by atomic mass is 10.1. The first-order valence-electron chi connectivity index (χ1n) is 7.77. The highest BCUT2D eigenvalue weighted by atomic mass is 32.2. The van der Waals surface area contributed by atoms with Crippen molar-refractivity contribution < 1.29 is 17.6 Å². The fourth-order valence-corrected chi connectivity index (χ4v) is 3.10. The van der Waals surface area contributed by atoms with Crippen molar-refractivity contribution in [1.29, 1.82) is 0 Å². The van der Waals surface area contributed by atoms with Gasteiger partial charge < -0.3 is 9.73 Å². The molecule has 0 aliphatic rings. The predicted molar refractivity (Wildman–Crippen MR) is 91.1 cm³/mol. The Morgan fingerprint density at radius 1 is 1.29 bits per heavy atom. The molecule has 0 spiro atoms. The fraction of sp³-hybridized carbons (Fsp3) is 0.353. The molecule has 0 radical (unpaired) electrons. The van der Waals surface area contributed by atoms with E-state index in [1.165, 1.54) is 18.4 Å². The molecule has 1 heterocycles. The van der Waals surface area contributed by atoms with Gasteiger partial charge in [-0.2, -0.15) is 0 Å². The van der Waals surface area contributed by atoms with Crippen molar-refractivity contribution in [3.8, 4) is 0 Å². The highest BCUT2D eigenvalue weighted by Gasteiger charge is 2.19. The largest absolute Gasteiger partial charge is 0.468 e. The zero-order chi connectivity index (χ0) is 17.7. The third-order valence-electron chi connectivity index (χ3n) is 3.77. The molecule has 1 atom stereocenters. The summed E-state index contributed by atoms with van der Waals surface area (Å²) in [6.45, 7) is 5.70. The van der Waals surface area contributed by atoms with Gasteiger partial charge in [0.05, 0.1) is 17.7 Å². The maximum absolute atomic E-state index is 12.4. The van der Waals surface area contributed by atoms with Gasteiger partial charge in [0, 0.05) is 11.6 Å². The number of hydrogen-bond acceptors (Lipinski definition) is 4. The van der Waals surface area contributed by atoms with Crippen LogP contribution in [0.2, 0.25) is 0 Å². The number of aryl methyl sites for hydroxylation is 1. The number of furan rings is 1. The number of carbonyl (C=O) groups excluding carboxylic acids is 1. The Morgan fingerprint density at radius 3 is 2.67 bits per heavy atom. The summed E-state index contributed by atoms with van der Waals surface area (Å²) in [6, 6.07) is 7.91. The Labute approximate surface area is 142 Å². The van der Waals surface area contributed by atoms with Gasteiger partial charge in [-0.05, 0) is 50.1 Å². The lowest BCUT2D eigenvalue weighted by molar-refractivity contribution is 0.0938. The van der Waals surface area contributed by atoms with Crippen molar-refractivity contribution in [3.05, 3.63) is 53.5 Å². The van der Waals surface area contributed by atoms with E-state index in [0.29, 0.717) is 11.3 Å². The van der Waals surface area contributed by atoms with Gasteiger partial charge in [-0.25, -0.2) is 13.1 Å². The van der Waals surface area contributed by atoms with E-state index in [1.807, 2.05) is 13.8 Å². The number of benzene rings is 1. The van der Waals surface area contributed by atoms with Crippen molar-refractivity contribution >= 4 is 15.9 Å². The lowest BCUT2D eigenvalue weighted by Crippen LogP contribution is -2.32. The highest BCUT2D eigenvalue weighted by Crippen LogP contribution is 2.16. The first kappa shape index (κ1) is 18.2. The van der Waals surface area contributed by atoms with Crippen molar-refractivity contribution in [2.45, 2.75) is 44.7 Å². The van der Waals surface area contributed by atoms with Crippen LogP contribution in [0.25, 0.3) is 0 Å². The fourth-order valence-electron chi connectivity index (χ4n) is 2.08.